The van der Waals surface area contributed by atoms with E-state index in [2.05, 4.69) is 22.8 Å². The van der Waals surface area contributed by atoms with Crippen LogP contribution in [-0.4, -0.2) is 32.1 Å². The van der Waals surface area contributed by atoms with Crippen molar-refractivity contribution in [1.82, 2.24) is 5.32 Å². The average Bonchev–Trinajstić information content (AvgIpc) is 2.80. The van der Waals surface area contributed by atoms with Gasteiger partial charge < -0.3 is 10.1 Å². The maximum atomic E-state index is 5.28. The molecule has 0 aliphatic heterocycles. The van der Waals surface area contributed by atoms with Gasteiger partial charge in [0.1, 0.15) is 0 Å². The van der Waals surface area contributed by atoms with Crippen molar-refractivity contribution in [2.24, 2.45) is 0 Å². The normalized spacial score (nSPS) is 10.8. The molecule has 1 heterocycles. The van der Waals surface area contributed by atoms with Crippen LogP contribution in [0, 0.1) is 0 Å². The first kappa shape index (κ1) is 14.0. The van der Waals surface area contributed by atoms with E-state index in [1.54, 1.807) is 0 Å². The Morgan fingerprint density at radius 3 is 3.06 bits per heavy atom. The molecule has 0 amide bonds. The summed E-state index contributed by atoms with van der Waals surface area (Å²) in [6.07, 6.45) is 2.38. The summed E-state index contributed by atoms with van der Waals surface area (Å²) >= 11 is 3.75. The molecule has 1 aromatic heterocycles. The third-order valence-corrected chi connectivity index (χ3v) is 4.25. The van der Waals surface area contributed by atoms with E-state index in [0.717, 1.165) is 32.1 Å². The van der Waals surface area contributed by atoms with Gasteiger partial charge in [-0.3, -0.25) is 0 Å². The molecule has 0 spiro atoms. The molecule has 1 N–H and O–H groups in total. The number of hydrogen-bond acceptors (Lipinski definition) is 4. The number of unbranched alkanes of at least 4 members (excludes halogenated alkanes) is 1. The zero-order valence-electron chi connectivity index (χ0n) is 9.91. The molecule has 0 aliphatic rings. The van der Waals surface area contributed by atoms with Crippen molar-refractivity contribution in [1.29, 1.82) is 0 Å². The Labute approximate surface area is 107 Å². The van der Waals surface area contributed by atoms with Crippen LogP contribution in [-0.2, 0) is 4.74 Å². The predicted molar refractivity (Wildman–Crippen MR) is 73.6 cm³/mol. The van der Waals surface area contributed by atoms with Crippen LogP contribution in [0.15, 0.2) is 21.7 Å². The van der Waals surface area contributed by atoms with Crippen LogP contribution in [0.3, 0.4) is 0 Å². The van der Waals surface area contributed by atoms with Gasteiger partial charge in [0.05, 0.1) is 4.21 Å². The number of nitrogens with one attached hydrogen (secondary N) is 1. The van der Waals surface area contributed by atoms with Gasteiger partial charge >= 0.3 is 0 Å². The second-order valence-electron chi connectivity index (χ2n) is 3.43. The quantitative estimate of drug-likeness (QED) is 0.515. The summed E-state index contributed by atoms with van der Waals surface area (Å²) in [5.74, 6) is 1.16. The van der Waals surface area contributed by atoms with E-state index >= 15 is 0 Å². The minimum Gasteiger partial charge on any atom is -0.382 e. The number of ether oxygens (including phenoxy) is 1. The van der Waals surface area contributed by atoms with Crippen molar-refractivity contribution < 1.29 is 4.74 Å². The largest absolute Gasteiger partial charge is 0.382 e. The summed E-state index contributed by atoms with van der Waals surface area (Å²) in [5, 5.41) is 5.58. The molecular weight excluding hydrogens is 238 g/mol. The fraction of sp³-hybridized carbons (Fsp3) is 0.667. The molecule has 1 aromatic rings. The Bertz CT molecular complexity index is 239. The van der Waals surface area contributed by atoms with E-state index in [-0.39, 0.29) is 0 Å². The lowest BCUT2D eigenvalue weighted by atomic mass is 10.3. The molecule has 0 atom stereocenters. The Morgan fingerprint density at radius 1 is 1.38 bits per heavy atom. The van der Waals surface area contributed by atoms with Crippen LogP contribution >= 0.6 is 23.1 Å². The highest BCUT2D eigenvalue weighted by Gasteiger charge is 1.94. The van der Waals surface area contributed by atoms with Crippen LogP contribution in [0.1, 0.15) is 19.8 Å². The Hall–Kier alpha value is -0.0300. The van der Waals surface area contributed by atoms with E-state index in [9.17, 15) is 0 Å². The SMILES string of the molecule is CCOCCCCNCCSc1cccs1. The number of rotatable bonds is 10. The molecule has 16 heavy (non-hydrogen) atoms. The topological polar surface area (TPSA) is 21.3 Å². The number of hydrogen-bond donors (Lipinski definition) is 1. The number of thiophene rings is 1. The first-order valence-corrected chi connectivity index (χ1v) is 7.74. The molecule has 0 aromatic carbocycles. The van der Waals surface area contributed by atoms with Gasteiger partial charge in [-0.25, -0.2) is 0 Å². The highest BCUT2D eigenvalue weighted by Crippen LogP contribution is 2.22. The van der Waals surface area contributed by atoms with E-state index in [4.69, 9.17) is 4.74 Å². The summed E-state index contributed by atoms with van der Waals surface area (Å²) in [6.45, 7) is 5.99. The Balaban J connectivity index is 1.78. The highest BCUT2D eigenvalue weighted by molar-refractivity contribution is 8.01. The molecule has 0 aliphatic carbocycles. The summed E-state index contributed by atoms with van der Waals surface area (Å²) in [4.78, 5) is 0. The second-order valence-corrected chi connectivity index (χ2v) is 5.78. The Morgan fingerprint density at radius 2 is 2.31 bits per heavy atom. The van der Waals surface area contributed by atoms with Gasteiger partial charge in [-0.05, 0) is 37.8 Å². The van der Waals surface area contributed by atoms with Crippen LogP contribution in [0.25, 0.3) is 0 Å². The zero-order chi connectivity index (χ0) is 11.5. The molecule has 0 unspecified atom stereocenters. The molecular formula is C12H21NOS2. The van der Waals surface area contributed by atoms with Crippen molar-refractivity contribution in [3.8, 4) is 0 Å². The van der Waals surface area contributed by atoms with Gasteiger partial charge in [-0.15, -0.1) is 23.1 Å². The maximum absolute atomic E-state index is 5.28. The molecule has 0 radical (unpaired) electrons. The van der Waals surface area contributed by atoms with Crippen molar-refractivity contribution in [2.75, 3.05) is 32.1 Å². The minimum atomic E-state index is 0.838. The summed E-state index contributed by atoms with van der Waals surface area (Å²) in [7, 11) is 0. The summed E-state index contributed by atoms with van der Waals surface area (Å²) < 4.78 is 6.69. The maximum Gasteiger partial charge on any atom is 0.0598 e. The lowest BCUT2D eigenvalue weighted by molar-refractivity contribution is 0.143. The third-order valence-electron chi connectivity index (χ3n) is 2.11. The van der Waals surface area contributed by atoms with Gasteiger partial charge in [-0.2, -0.15) is 0 Å². The first-order chi connectivity index (χ1) is 7.93. The van der Waals surface area contributed by atoms with Gasteiger partial charge in [0, 0.05) is 25.5 Å². The van der Waals surface area contributed by atoms with Gasteiger partial charge in [0.2, 0.25) is 0 Å². The van der Waals surface area contributed by atoms with E-state index in [0.29, 0.717) is 0 Å². The standard InChI is InChI=1S/C12H21NOS2/c1-2-14-9-4-3-7-13-8-11-16-12-6-5-10-15-12/h5-6,10,13H,2-4,7-9,11H2,1H3. The molecule has 2 nitrogen and oxygen atoms in total. The highest BCUT2D eigenvalue weighted by atomic mass is 32.2. The van der Waals surface area contributed by atoms with Crippen LogP contribution in [0.2, 0.25) is 0 Å². The molecule has 0 saturated carbocycles. The lowest BCUT2D eigenvalue weighted by Gasteiger charge is -2.04. The molecule has 4 heteroatoms. The monoisotopic (exact) mass is 259 g/mol. The van der Waals surface area contributed by atoms with Crippen LogP contribution in [0.4, 0.5) is 0 Å². The van der Waals surface area contributed by atoms with Gasteiger partial charge in [0.15, 0.2) is 0 Å². The van der Waals surface area contributed by atoms with Crippen LogP contribution < -0.4 is 5.32 Å². The summed E-state index contributed by atoms with van der Waals surface area (Å²) in [6, 6.07) is 4.28. The molecule has 1 rings (SSSR count). The predicted octanol–water partition coefficient (Wildman–Crippen LogP) is 3.25. The first-order valence-electron chi connectivity index (χ1n) is 5.88. The lowest BCUT2D eigenvalue weighted by Crippen LogP contribution is -2.18. The minimum absolute atomic E-state index is 0.838. The smallest absolute Gasteiger partial charge is 0.0598 e. The molecule has 0 saturated heterocycles. The molecule has 92 valence electrons. The fourth-order valence-corrected chi connectivity index (χ4v) is 3.05. The second kappa shape index (κ2) is 10.1. The van der Waals surface area contributed by atoms with Gasteiger partial charge in [0.25, 0.3) is 0 Å². The number of thioether (sulfide) groups is 1. The zero-order valence-corrected chi connectivity index (χ0v) is 11.5. The average molecular weight is 259 g/mol. The third kappa shape index (κ3) is 7.28. The van der Waals surface area contributed by atoms with E-state index < -0.39 is 0 Å². The Kier molecular flexibility index (Phi) is 8.90. The van der Waals surface area contributed by atoms with Gasteiger partial charge in [-0.1, -0.05) is 6.07 Å². The molecule has 0 fully saturated rings. The van der Waals surface area contributed by atoms with Crippen molar-refractivity contribution in [3.63, 3.8) is 0 Å². The van der Waals surface area contributed by atoms with Crippen LogP contribution in [0.5, 0.6) is 0 Å². The molecule has 0 bridgehead atoms. The van der Waals surface area contributed by atoms with E-state index in [1.165, 1.54) is 17.1 Å². The van der Waals surface area contributed by atoms with Crippen molar-refractivity contribution in [3.05, 3.63) is 17.5 Å². The van der Waals surface area contributed by atoms with Crippen molar-refractivity contribution >= 4 is 23.1 Å². The van der Waals surface area contributed by atoms with E-state index in [1.807, 2.05) is 30.0 Å². The summed E-state index contributed by atoms with van der Waals surface area (Å²) in [5.41, 5.74) is 0. The fourth-order valence-electron chi connectivity index (χ4n) is 1.29. The van der Waals surface area contributed by atoms with Crippen molar-refractivity contribution in [2.45, 2.75) is 24.0 Å².